The van der Waals surface area contributed by atoms with Crippen LogP contribution in [0.4, 0.5) is 0 Å². The first-order valence-electron chi connectivity index (χ1n) is 9.66. The van der Waals surface area contributed by atoms with Gasteiger partial charge in [-0.1, -0.05) is 6.07 Å². The van der Waals surface area contributed by atoms with Gasteiger partial charge in [0, 0.05) is 32.1 Å². The number of rotatable bonds is 6. The van der Waals surface area contributed by atoms with Crippen LogP contribution >= 0.6 is 0 Å². The molecule has 4 rings (SSSR count). The fourth-order valence-corrected chi connectivity index (χ4v) is 3.38. The van der Waals surface area contributed by atoms with Crippen LogP contribution < -0.4 is 15.4 Å². The zero-order valence-electron chi connectivity index (χ0n) is 16.0. The third kappa shape index (κ3) is 4.39. The van der Waals surface area contributed by atoms with Crippen molar-refractivity contribution < 1.29 is 4.74 Å². The molecule has 0 unspecified atom stereocenters. The summed E-state index contributed by atoms with van der Waals surface area (Å²) in [7, 11) is 1.75. The van der Waals surface area contributed by atoms with Gasteiger partial charge in [-0.05, 0) is 49.4 Å². The summed E-state index contributed by atoms with van der Waals surface area (Å²) in [5.74, 6) is 2.22. The van der Waals surface area contributed by atoms with Gasteiger partial charge in [-0.2, -0.15) is 0 Å². The number of aromatic nitrogens is 4. The maximum atomic E-state index is 5.98. The molecule has 3 aromatic heterocycles. The van der Waals surface area contributed by atoms with E-state index in [1.165, 1.54) is 12.8 Å². The van der Waals surface area contributed by atoms with Gasteiger partial charge in [-0.3, -0.25) is 9.39 Å². The number of ether oxygens (including phenoxy) is 1. The van der Waals surface area contributed by atoms with Gasteiger partial charge in [0.1, 0.15) is 6.10 Å². The molecular formula is C20H25N7O. The zero-order chi connectivity index (χ0) is 19.2. The van der Waals surface area contributed by atoms with E-state index in [1.807, 2.05) is 40.9 Å². The molecule has 0 aliphatic heterocycles. The van der Waals surface area contributed by atoms with Crippen LogP contribution in [0.15, 0.2) is 47.7 Å². The lowest BCUT2D eigenvalue weighted by Crippen LogP contribution is -2.36. The van der Waals surface area contributed by atoms with Crippen molar-refractivity contribution in [1.29, 1.82) is 0 Å². The van der Waals surface area contributed by atoms with Crippen LogP contribution in [0, 0.1) is 0 Å². The van der Waals surface area contributed by atoms with Crippen LogP contribution in [0.25, 0.3) is 5.65 Å². The molecule has 2 N–H and O–H groups in total. The first-order chi connectivity index (χ1) is 13.8. The van der Waals surface area contributed by atoms with E-state index >= 15 is 0 Å². The minimum absolute atomic E-state index is 0.308. The van der Waals surface area contributed by atoms with Gasteiger partial charge < -0.3 is 15.4 Å². The minimum Gasteiger partial charge on any atom is -0.474 e. The number of nitrogens with zero attached hydrogens (tertiary/aromatic N) is 5. The summed E-state index contributed by atoms with van der Waals surface area (Å²) in [6, 6.07) is 9.80. The molecule has 8 heteroatoms. The normalized spacial score (nSPS) is 15.1. The molecule has 3 heterocycles. The van der Waals surface area contributed by atoms with Gasteiger partial charge in [-0.25, -0.2) is 4.98 Å². The van der Waals surface area contributed by atoms with Gasteiger partial charge in [0.15, 0.2) is 17.4 Å². The highest BCUT2D eigenvalue weighted by Crippen LogP contribution is 2.23. The van der Waals surface area contributed by atoms with Gasteiger partial charge in [0.2, 0.25) is 5.88 Å². The quantitative estimate of drug-likeness (QED) is 0.505. The lowest BCUT2D eigenvalue weighted by molar-refractivity contribution is 0.201. The topological polar surface area (TPSA) is 88.7 Å². The Hall–Kier alpha value is -3.16. The molecule has 1 fully saturated rings. The molecule has 0 aromatic carbocycles. The lowest BCUT2D eigenvalue weighted by Gasteiger charge is -2.14. The predicted octanol–water partition coefficient (Wildman–Crippen LogP) is 2.31. The van der Waals surface area contributed by atoms with Crippen LogP contribution in [-0.2, 0) is 13.1 Å². The first-order valence-corrected chi connectivity index (χ1v) is 9.66. The van der Waals surface area contributed by atoms with Gasteiger partial charge in [-0.15, -0.1) is 10.2 Å². The van der Waals surface area contributed by atoms with E-state index in [2.05, 4.69) is 30.8 Å². The van der Waals surface area contributed by atoms with E-state index < -0.39 is 0 Å². The zero-order valence-corrected chi connectivity index (χ0v) is 16.0. The van der Waals surface area contributed by atoms with Crippen molar-refractivity contribution in [2.24, 2.45) is 4.99 Å². The summed E-state index contributed by atoms with van der Waals surface area (Å²) in [6.45, 7) is 1.15. The summed E-state index contributed by atoms with van der Waals surface area (Å²) in [5, 5.41) is 15.0. The molecule has 0 spiro atoms. The Labute approximate surface area is 164 Å². The predicted molar refractivity (Wildman–Crippen MR) is 107 cm³/mol. The van der Waals surface area contributed by atoms with Crippen molar-refractivity contribution >= 4 is 11.6 Å². The highest BCUT2D eigenvalue weighted by molar-refractivity contribution is 5.79. The second-order valence-corrected chi connectivity index (χ2v) is 6.85. The van der Waals surface area contributed by atoms with E-state index in [0.29, 0.717) is 31.0 Å². The number of nitrogens with one attached hydrogen (secondary N) is 2. The van der Waals surface area contributed by atoms with E-state index in [1.54, 1.807) is 13.2 Å². The average Bonchev–Trinajstić information content (AvgIpc) is 3.38. The second-order valence-electron chi connectivity index (χ2n) is 6.85. The number of hydrogen-bond donors (Lipinski definition) is 2. The van der Waals surface area contributed by atoms with Crippen LogP contribution in [-0.4, -0.2) is 38.7 Å². The van der Waals surface area contributed by atoms with Gasteiger partial charge in [0.05, 0.1) is 6.54 Å². The van der Waals surface area contributed by atoms with Gasteiger partial charge >= 0.3 is 0 Å². The van der Waals surface area contributed by atoms with Crippen molar-refractivity contribution in [3.63, 3.8) is 0 Å². The number of fused-ring (bicyclic) bond motifs is 1. The molecule has 0 bridgehead atoms. The Bertz CT molecular complexity index is 946. The largest absolute Gasteiger partial charge is 0.474 e. The van der Waals surface area contributed by atoms with Crippen molar-refractivity contribution in [2.75, 3.05) is 7.05 Å². The average molecular weight is 379 g/mol. The molecule has 1 saturated carbocycles. The molecule has 28 heavy (non-hydrogen) atoms. The van der Waals surface area contributed by atoms with Crippen molar-refractivity contribution in [2.45, 2.75) is 44.9 Å². The first kappa shape index (κ1) is 18.2. The molecule has 8 nitrogen and oxygen atoms in total. The Kier molecular flexibility index (Phi) is 5.65. The van der Waals surface area contributed by atoms with E-state index in [-0.39, 0.29) is 0 Å². The monoisotopic (exact) mass is 379 g/mol. The fraction of sp³-hybridized carbons (Fsp3) is 0.400. The molecule has 146 valence electrons. The maximum absolute atomic E-state index is 5.98. The molecule has 0 atom stereocenters. The Morgan fingerprint density at radius 2 is 2.04 bits per heavy atom. The molecule has 1 aliphatic rings. The number of aliphatic imine (C=N–C) groups is 1. The second kappa shape index (κ2) is 8.69. The lowest BCUT2D eigenvalue weighted by atomic mass is 10.2. The molecule has 1 aliphatic carbocycles. The number of pyridine rings is 2. The molecule has 0 saturated heterocycles. The summed E-state index contributed by atoms with van der Waals surface area (Å²) in [5.41, 5.74) is 1.92. The van der Waals surface area contributed by atoms with Crippen molar-refractivity contribution in [3.05, 3.63) is 54.1 Å². The third-order valence-corrected chi connectivity index (χ3v) is 4.87. The van der Waals surface area contributed by atoms with Crippen molar-refractivity contribution in [1.82, 2.24) is 30.2 Å². The van der Waals surface area contributed by atoms with Crippen LogP contribution in [0.1, 0.15) is 37.1 Å². The van der Waals surface area contributed by atoms with E-state index in [9.17, 15) is 0 Å². The van der Waals surface area contributed by atoms with Crippen molar-refractivity contribution in [3.8, 4) is 5.88 Å². The molecular weight excluding hydrogens is 354 g/mol. The molecule has 3 aromatic rings. The smallest absolute Gasteiger partial charge is 0.213 e. The maximum Gasteiger partial charge on any atom is 0.213 e. The highest BCUT2D eigenvalue weighted by atomic mass is 16.5. The fourth-order valence-electron chi connectivity index (χ4n) is 3.38. The van der Waals surface area contributed by atoms with E-state index in [4.69, 9.17) is 4.74 Å². The van der Waals surface area contributed by atoms with E-state index in [0.717, 1.165) is 29.9 Å². The number of hydrogen-bond acceptors (Lipinski definition) is 5. The SMILES string of the molecule is CN=C(NCc1ccnc(OC2CCCC2)c1)NCc1nnc2ccccn12. The Balaban J connectivity index is 1.31. The Morgan fingerprint density at radius 3 is 2.89 bits per heavy atom. The third-order valence-electron chi connectivity index (χ3n) is 4.87. The van der Waals surface area contributed by atoms with Gasteiger partial charge in [0.25, 0.3) is 0 Å². The Morgan fingerprint density at radius 1 is 1.18 bits per heavy atom. The minimum atomic E-state index is 0.308. The summed E-state index contributed by atoms with van der Waals surface area (Å²) < 4.78 is 7.94. The standard InChI is InChI=1S/C20H25N7O/c1-21-20(24-14-18-26-25-17-8-4-5-11-27(17)18)23-13-15-9-10-22-19(12-15)28-16-6-2-3-7-16/h4-5,8-12,16H,2-3,6-7,13-14H2,1H3,(H2,21,23,24). The molecule has 0 radical (unpaired) electrons. The van der Waals surface area contributed by atoms with Crippen LogP contribution in [0.5, 0.6) is 5.88 Å². The van der Waals surface area contributed by atoms with Crippen LogP contribution in [0.3, 0.4) is 0 Å². The molecule has 0 amide bonds. The number of guanidine groups is 1. The highest BCUT2D eigenvalue weighted by Gasteiger charge is 2.17. The van der Waals surface area contributed by atoms with Crippen LogP contribution in [0.2, 0.25) is 0 Å². The summed E-state index contributed by atoms with van der Waals surface area (Å²) in [4.78, 5) is 8.61. The summed E-state index contributed by atoms with van der Waals surface area (Å²) in [6.07, 6.45) is 8.79. The summed E-state index contributed by atoms with van der Waals surface area (Å²) >= 11 is 0.